The number of nitrogens with zero attached hydrogens (tertiary/aromatic N) is 1. The molecular formula is C18H26N2O2. The summed E-state index contributed by atoms with van der Waals surface area (Å²) < 4.78 is 0. The minimum Gasteiger partial charge on any atom is -0.393 e. The zero-order chi connectivity index (χ0) is 15.5. The molecule has 3 unspecified atom stereocenters. The van der Waals surface area contributed by atoms with Gasteiger partial charge in [0.1, 0.15) is 0 Å². The van der Waals surface area contributed by atoms with Crippen molar-refractivity contribution >= 4 is 6.03 Å². The minimum atomic E-state index is -0.254. The van der Waals surface area contributed by atoms with Crippen LogP contribution in [0.4, 0.5) is 4.79 Å². The summed E-state index contributed by atoms with van der Waals surface area (Å²) in [7, 11) is 1.83. The summed E-state index contributed by atoms with van der Waals surface area (Å²) in [6, 6.07) is 8.44. The number of rotatable bonds is 3. The maximum absolute atomic E-state index is 12.4. The smallest absolute Gasteiger partial charge is 0.317 e. The topological polar surface area (TPSA) is 52.6 Å². The molecule has 1 saturated carbocycles. The van der Waals surface area contributed by atoms with E-state index >= 15 is 0 Å². The molecule has 1 fully saturated rings. The number of carbonyl (C=O) groups excluding carboxylic acids is 1. The number of aryl methyl sites for hydroxylation is 1. The summed E-state index contributed by atoms with van der Waals surface area (Å²) in [6.45, 7) is 0.640. The molecule has 0 aromatic heterocycles. The van der Waals surface area contributed by atoms with Gasteiger partial charge in [0.15, 0.2) is 0 Å². The summed E-state index contributed by atoms with van der Waals surface area (Å²) in [5, 5.41) is 13.2. The van der Waals surface area contributed by atoms with Crippen molar-refractivity contribution in [1.82, 2.24) is 10.2 Å². The second-order valence-electron chi connectivity index (χ2n) is 6.73. The average Bonchev–Trinajstić information content (AvgIpc) is 2.93. The first-order valence-electron chi connectivity index (χ1n) is 8.42. The van der Waals surface area contributed by atoms with Crippen molar-refractivity contribution in [3.05, 3.63) is 35.4 Å². The molecule has 0 bridgehead atoms. The van der Waals surface area contributed by atoms with E-state index in [0.717, 1.165) is 38.5 Å². The lowest BCUT2D eigenvalue weighted by molar-refractivity contribution is 0.0563. The Bertz CT molecular complexity index is 532. The van der Waals surface area contributed by atoms with Gasteiger partial charge >= 0.3 is 6.03 Å². The van der Waals surface area contributed by atoms with Gasteiger partial charge in [0.2, 0.25) is 0 Å². The van der Waals surface area contributed by atoms with Crippen molar-refractivity contribution in [2.75, 3.05) is 13.6 Å². The number of hydrogen-bond donors (Lipinski definition) is 2. The highest BCUT2D eigenvalue weighted by Gasteiger charge is 2.28. The van der Waals surface area contributed by atoms with E-state index in [4.69, 9.17) is 0 Å². The number of hydrogen-bond acceptors (Lipinski definition) is 2. The zero-order valence-electron chi connectivity index (χ0n) is 13.3. The molecule has 2 N–H and O–H groups in total. The first kappa shape index (κ1) is 15.3. The van der Waals surface area contributed by atoms with E-state index in [9.17, 15) is 9.90 Å². The summed E-state index contributed by atoms with van der Waals surface area (Å²) in [6.07, 6.45) is 5.91. The largest absolute Gasteiger partial charge is 0.393 e. The maximum atomic E-state index is 12.4. The van der Waals surface area contributed by atoms with E-state index in [0.29, 0.717) is 6.54 Å². The van der Waals surface area contributed by atoms with Gasteiger partial charge in [0, 0.05) is 19.5 Å². The SMILES string of the molecule is CN(CC1CCCCC1O)C(=O)NC1CCc2ccccc21. The molecule has 120 valence electrons. The van der Waals surface area contributed by atoms with Gasteiger partial charge in [-0.05, 0) is 36.8 Å². The molecule has 3 atom stereocenters. The van der Waals surface area contributed by atoms with Gasteiger partial charge in [0.05, 0.1) is 12.1 Å². The quantitative estimate of drug-likeness (QED) is 0.902. The van der Waals surface area contributed by atoms with Crippen LogP contribution in [0.25, 0.3) is 0 Å². The summed E-state index contributed by atoms with van der Waals surface area (Å²) in [5.41, 5.74) is 2.60. The molecule has 0 saturated heterocycles. The van der Waals surface area contributed by atoms with Crippen LogP contribution in [0.5, 0.6) is 0 Å². The van der Waals surface area contributed by atoms with E-state index in [-0.39, 0.29) is 24.1 Å². The number of benzene rings is 1. The van der Waals surface area contributed by atoms with Gasteiger partial charge in [-0.3, -0.25) is 0 Å². The third-order valence-electron chi connectivity index (χ3n) is 5.15. The van der Waals surface area contributed by atoms with E-state index < -0.39 is 0 Å². The molecule has 1 aromatic carbocycles. The van der Waals surface area contributed by atoms with Gasteiger partial charge in [-0.15, -0.1) is 0 Å². The molecule has 0 aliphatic heterocycles. The second-order valence-corrected chi connectivity index (χ2v) is 6.73. The monoisotopic (exact) mass is 302 g/mol. The molecule has 4 heteroatoms. The fourth-order valence-corrected chi connectivity index (χ4v) is 3.80. The van der Waals surface area contributed by atoms with Crippen molar-refractivity contribution in [1.29, 1.82) is 0 Å². The van der Waals surface area contributed by atoms with Crippen LogP contribution < -0.4 is 5.32 Å². The Kier molecular flexibility index (Phi) is 4.67. The van der Waals surface area contributed by atoms with Crippen LogP contribution in [0.3, 0.4) is 0 Å². The number of aliphatic hydroxyl groups is 1. The van der Waals surface area contributed by atoms with Crippen molar-refractivity contribution in [2.45, 2.75) is 50.7 Å². The summed E-state index contributed by atoms with van der Waals surface area (Å²) >= 11 is 0. The van der Waals surface area contributed by atoms with E-state index in [2.05, 4.69) is 23.5 Å². The molecule has 2 aliphatic carbocycles. The molecule has 22 heavy (non-hydrogen) atoms. The lowest BCUT2D eigenvalue weighted by Gasteiger charge is -2.31. The van der Waals surface area contributed by atoms with Gasteiger partial charge in [0.25, 0.3) is 0 Å². The van der Waals surface area contributed by atoms with Crippen LogP contribution in [0.2, 0.25) is 0 Å². The summed E-state index contributed by atoms with van der Waals surface area (Å²) in [4.78, 5) is 14.2. The summed E-state index contributed by atoms with van der Waals surface area (Å²) in [5.74, 6) is 0.223. The first-order valence-corrected chi connectivity index (χ1v) is 8.42. The van der Waals surface area contributed by atoms with Crippen LogP contribution in [0.1, 0.15) is 49.3 Å². The van der Waals surface area contributed by atoms with Gasteiger partial charge in [-0.25, -0.2) is 4.79 Å². The van der Waals surface area contributed by atoms with E-state index in [1.54, 1.807) is 4.90 Å². The number of carbonyl (C=O) groups is 1. The fourth-order valence-electron chi connectivity index (χ4n) is 3.80. The highest BCUT2D eigenvalue weighted by atomic mass is 16.3. The predicted molar refractivity (Wildman–Crippen MR) is 86.6 cm³/mol. The third kappa shape index (κ3) is 3.27. The van der Waals surface area contributed by atoms with Crippen molar-refractivity contribution in [3.8, 4) is 0 Å². The van der Waals surface area contributed by atoms with Crippen LogP contribution in [-0.2, 0) is 6.42 Å². The molecule has 2 amide bonds. The second kappa shape index (κ2) is 6.69. The number of aliphatic hydroxyl groups excluding tert-OH is 1. The Hall–Kier alpha value is -1.55. The molecule has 4 nitrogen and oxygen atoms in total. The molecular weight excluding hydrogens is 276 g/mol. The molecule has 0 spiro atoms. The Balaban J connectivity index is 1.56. The number of urea groups is 1. The molecule has 3 rings (SSSR count). The van der Waals surface area contributed by atoms with Crippen molar-refractivity contribution < 1.29 is 9.90 Å². The fraction of sp³-hybridized carbons (Fsp3) is 0.611. The van der Waals surface area contributed by atoms with Gasteiger partial charge < -0.3 is 15.3 Å². The number of nitrogens with one attached hydrogen (secondary N) is 1. The lowest BCUT2D eigenvalue weighted by Crippen LogP contribution is -2.43. The van der Waals surface area contributed by atoms with Crippen LogP contribution in [-0.4, -0.2) is 35.7 Å². The zero-order valence-corrected chi connectivity index (χ0v) is 13.3. The Morgan fingerprint density at radius 3 is 2.86 bits per heavy atom. The Morgan fingerprint density at radius 2 is 2.05 bits per heavy atom. The van der Waals surface area contributed by atoms with Crippen molar-refractivity contribution in [2.24, 2.45) is 5.92 Å². The average molecular weight is 302 g/mol. The maximum Gasteiger partial charge on any atom is 0.317 e. The Labute approximate surface area is 132 Å². The van der Waals surface area contributed by atoms with Crippen LogP contribution >= 0.6 is 0 Å². The van der Waals surface area contributed by atoms with Crippen LogP contribution in [0.15, 0.2) is 24.3 Å². The molecule has 0 radical (unpaired) electrons. The Morgan fingerprint density at radius 1 is 1.27 bits per heavy atom. The molecule has 0 heterocycles. The lowest BCUT2D eigenvalue weighted by atomic mass is 9.86. The normalized spacial score (nSPS) is 27.3. The van der Waals surface area contributed by atoms with Crippen LogP contribution in [0, 0.1) is 5.92 Å². The standard InChI is InChI=1S/C18H26N2O2/c1-20(12-14-7-3-5-9-17(14)21)18(22)19-16-11-10-13-6-2-4-8-15(13)16/h2,4,6,8,14,16-17,21H,3,5,7,9-12H2,1H3,(H,19,22). The van der Waals surface area contributed by atoms with Gasteiger partial charge in [-0.2, -0.15) is 0 Å². The van der Waals surface area contributed by atoms with E-state index in [1.165, 1.54) is 11.1 Å². The highest BCUT2D eigenvalue weighted by Crippen LogP contribution is 2.31. The third-order valence-corrected chi connectivity index (χ3v) is 5.15. The molecule has 1 aromatic rings. The first-order chi connectivity index (χ1) is 10.6. The van der Waals surface area contributed by atoms with E-state index in [1.807, 2.05) is 13.1 Å². The number of fused-ring (bicyclic) bond motifs is 1. The molecule has 2 aliphatic rings. The minimum absolute atomic E-state index is 0.0283. The number of amides is 2. The van der Waals surface area contributed by atoms with Crippen molar-refractivity contribution in [3.63, 3.8) is 0 Å². The highest BCUT2D eigenvalue weighted by molar-refractivity contribution is 5.74. The van der Waals surface area contributed by atoms with Gasteiger partial charge in [-0.1, -0.05) is 37.1 Å². The predicted octanol–water partition coefficient (Wildman–Crippen LogP) is 2.87.